The number of nitrogens with zero attached hydrogens (tertiary/aromatic N) is 2. The molecule has 3 aliphatic carbocycles. The first-order chi connectivity index (χ1) is 30.6. The second-order valence-electron chi connectivity index (χ2n) is 22.0. The summed E-state index contributed by atoms with van der Waals surface area (Å²) >= 11 is 0. The summed E-state index contributed by atoms with van der Waals surface area (Å²) in [5, 5.41) is 0. The molecule has 0 saturated carbocycles. The van der Waals surface area contributed by atoms with Crippen molar-refractivity contribution in [2.75, 3.05) is 9.80 Å². The third kappa shape index (κ3) is 9.08. The molecule has 3 unspecified atom stereocenters. The van der Waals surface area contributed by atoms with Crippen LogP contribution in [0.5, 0.6) is 0 Å². The lowest BCUT2D eigenvalue weighted by Gasteiger charge is -2.36. The lowest BCUT2D eigenvalue weighted by molar-refractivity contribution is 0.229. The van der Waals surface area contributed by atoms with Crippen LogP contribution in [-0.4, -0.2) is 0 Å². The maximum absolute atomic E-state index is 2.55. The summed E-state index contributed by atoms with van der Waals surface area (Å²) in [7, 11) is 0. The molecule has 2 heteroatoms. The first-order valence-corrected chi connectivity index (χ1v) is 23.9. The Morgan fingerprint density at radius 1 is 0.625 bits per heavy atom. The maximum Gasteiger partial charge on any atom is 0.0461 e. The van der Waals surface area contributed by atoms with Gasteiger partial charge in [-0.05, 0) is 153 Å². The fourth-order valence-electron chi connectivity index (χ4n) is 10.5. The molecule has 4 aliphatic rings. The Kier molecular flexibility index (Phi) is 11.7. The fraction of sp³-hybridized carbons (Fsp3) is 0.323. The molecule has 5 aromatic rings. The van der Waals surface area contributed by atoms with Gasteiger partial charge in [0.05, 0.1) is 0 Å². The number of hydrogen-bond acceptors (Lipinski definition) is 2. The number of rotatable bonds is 9. The summed E-state index contributed by atoms with van der Waals surface area (Å²) in [4.78, 5) is 4.94. The van der Waals surface area contributed by atoms with E-state index in [1.165, 1.54) is 79.5 Å². The van der Waals surface area contributed by atoms with E-state index < -0.39 is 0 Å². The van der Waals surface area contributed by atoms with Gasteiger partial charge in [0.2, 0.25) is 0 Å². The minimum atomic E-state index is 0.105. The van der Waals surface area contributed by atoms with Crippen molar-refractivity contribution in [1.29, 1.82) is 0 Å². The third-order valence-corrected chi connectivity index (χ3v) is 14.0. The monoisotopic (exact) mass is 841 g/mol. The zero-order chi connectivity index (χ0) is 44.8. The van der Waals surface area contributed by atoms with Crippen molar-refractivity contribution in [3.63, 3.8) is 0 Å². The van der Waals surface area contributed by atoms with Crippen LogP contribution in [0.3, 0.4) is 0 Å². The predicted octanol–water partition coefficient (Wildman–Crippen LogP) is 17.4. The quantitative estimate of drug-likeness (QED) is 0.146. The van der Waals surface area contributed by atoms with E-state index in [0.29, 0.717) is 17.8 Å². The summed E-state index contributed by atoms with van der Waals surface area (Å²) in [5.74, 6) is 1.14. The zero-order valence-corrected chi connectivity index (χ0v) is 39.8. The first-order valence-electron chi connectivity index (χ1n) is 23.9. The van der Waals surface area contributed by atoms with E-state index in [0.717, 1.165) is 25.7 Å². The summed E-state index contributed by atoms with van der Waals surface area (Å²) in [5.41, 5.74) is 19.2. The van der Waals surface area contributed by atoms with Crippen LogP contribution in [0.25, 0.3) is 16.7 Å². The highest BCUT2D eigenvalue weighted by Gasteiger charge is 2.40. The fourth-order valence-corrected chi connectivity index (χ4v) is 10.5. The van der Waals surface area contributed by atoms with Gasteiger partial charge >= 0.3 is 0 Å². The molecular weight excluding hydrogens is 773 g/mol. The molecule has 0 saturated heterocycles. The van der Waals surface area contributed by atoms with Gasteiger partial charge in [-0.1, -0.05) is 178 Å². The number of hydrogen-bond donors (Lipinski definition) is 0. The van der Waals surface area contributed by atoms with Crippen molar-refractivity contribution in [1.82, 2.24) is 0 Å². The SMILES string of the molecule is CC(C)(C)CC(c1ccc(-c2ccc(C3=CC=C4C(C3)C3=C(C=CC(c5ccc(N(C6=CCCC=C6)c6ccccc6)cc5)C3)N4c3ccc(C(C)(C)C)cc3)cc2)cc1)C(C)(C)C. The molecule has 0 radical (unpaired) electrons. The van der Waals surface area contributed by atoms with Gasteiger partial charge in [0, 0.05) is 46.0 Å². The zero-order valence-electron chi connectivity index (χ0n) is 39.8. The molecule has 0 fully saturated rings. The van der Waals surface area contributed by atoms with Crippen molar-refractivity contribution in [3.05, 3.63) is 215 Å². The van der Waals surface area contributed by atoms with E-state index in [4.69, 9.17) is 0 Å². The highest BCUT2D eigenvalue weighted by atomic mass is 15.2. The molecule has 0 N–H and O–H groups in total. The Labute approximate surface area is 385 Å². The number of para-hydroxylation sites is 1. The largest absolute Gasteiger partial charge is 0.314 e. The third-order valence-electron chi connectivity index (χ3n) is 14.0. The molecule has 0 aromatic heterocycles. The van der Waals surface area contributed by atoms with Crippen LogP contribution >= 0.6 is 0 Å². The van der Waals surface area contributed by atoms with Gasteiger partial charge in [-0.3, -0.25) is 0 Å². The molecule has 0 spiro atoms. The second kappa shape index (κ2) is 17.3. The Morgan fingerprint density at radius 2 is 1.27 bits per heavy atom. The summed E-state index contributed by atoms with van der Waals surface area (Å²) < 4.78 is 0. The number of anilines is 3. The number of fused-ring (bicyclic) bond motifs is 2. The molecule has 3 atom stereocenters. The number of allylic oxidation sites excluding steroid dienone is 9. The second-order valence-corrected chi connectivity index (χ2v) is 22.0. The van der Waals surface area contributed by atoms with Crippen molar-refractivity contribution < 1.29 is 0 Å². The molecular formula is C62H68N2. The summed E-state index contributed by atoms with van der Waals surface area (Å²) in [6.45, 7) is 21.1. The Balaban J connectivity index is 0.987. The molecule has 0 amide bonds. The normalized spacial score (nSPS) is 19.1. The Bertz CT molecular complexity index is 2640. The molecule has 5 aromatic carbocycles. The van der Waals surface area contributed by atoms with Crippen LogP contribution in [-0.2, 0) is 5.41 Å². The van der Waals surface area contributed by atoms with Gasteiger partial charge in [-0.2, -0.15) is 0 Å². The minimum Gasteiger partial charge on any atom is -0.314 e. The molecule has 64 heavy (non-hydrogen) atoms. The van der Waals surface area contributed by atoms with Crippen LogP contribution in [0, 0.1) is 16.7 Å². The lowest BCUT2D eigenvalue weighted by Crippen LogP contribution is -2.23. The lowest BCUT2D eigenvalue weighted by atomic mass is 9.69. The van der Waals surface area contributed by atoms with Crippen LogP contribution in [0.1, 0.15) is 129 Å². The highest BCUT2D eigenvalue weighted by Crippen LogP contribution is 2.52. The Hall–Kier alpha value is -5.86. The smallest absolute Gasteiger partial charge is 0.0461 e. The molecule has 0 bridgehead atoms. The van der Waals surface area contributed by atoms with E-state index >= 15 is 0 Å². The molecule has 1 heterocycles. The van der Waals surface area contributed by atoms with Gasteiger partial charge in [0.15, 0.2) is 0 Å². The van der Waals surface area contributed by atoms with E-state index in [1.54, 1.807) is 5.57 Å². The molecule has 326 valence electrons. The molecule has 1 aliphatic heterocycles. The van der Waals surface area contributed by atoms with Crippen molar-refractivity contribution in [3.8, 4) is 11.1 Å². The van der Waals surface area contributed by atoms with Crippen molar-refractivity contribution in [2.45, 2.75) is 112 Å². The van der Waals surface area contributed by atoms with Gasteiger partial charge < -0.3 is 9.80 Å². The van der Waals surface area contributed by atoms with E-state index in [2.05, 4.69) is 242 Å². The van der Waals surface area contributed by atoms with E-state index in [-0.39, 0.29) is 16.2 Å². The molecule has 2 nitrogen and oxygen atoms in total. The van der Waals surface area contributed by atoms with Crippen molar-refractivity contribution in [2.24, 2.45) is 16.7 Å². The maximum atomic E-state index is 2.55. The van der Waals surface area contributed by atoms with Gasteiger partial charge in [-0.25, -0.2) is 0 Å². The van der Waals surface area contributed by atoms with Gasteiger partial charge in [0.25, 0.3) is 0 Å². The highest BCUT2D eigenvalue weighted by molar-refractivity contribution is 5.78. The van der Waals surface area contributed by atoms with Gasteiger partial charge in [-0.15, -0.1) is 0 Å². The van der Waals surface area contributed by atoms with E-state index in [1.807, 2.05) is 0 Å². The van der Waals surface area contributed by atoms with Crippen LogP contribution < -0.4 is 9.80 Å². The van der Waals surface area contributed by atoms with Crippen LogP contribution in [0.2, 0.25) is 0 Å². The minimum absolute atomic E-state index is 0.105. The number of benzene rings is 5. The summed E-state index contributed by atoms with van der Waals surface area (Å²) in [6.07, 6.45) is 22.0. The van der Waals surface area contributed by atoms with Crippen LogP contribution in [0.15, 0.2) is 193 Å². The van der Waals surface area contributed by atoms with E-state index in [9.17, 15) is 0 Å². The Morgan fingerprint density at radius 3 is 1.88 bits per heavy atom. The average Bonchev–Trinajstić information content (AvgIpc) is 3.61. The molecule has 9 rings (SSSR count). The van der Waals surface area contributed by atoms with Crippen LogP contribution in [0.4, 0.5) is 17.1 Å². The summed E-state index contributed by atoms with van der Waals surface area (Å²) in [6, 6.07) is 48.2. The topological polar surface area (TPSA) is 6.48 Å². The predicted molar refractivity (Wildman–Crippen MR) is 275 cm³/mol. The average molecular weight is 841 g/mol. The first kappa shape index (κ1) is 43.4. The van der Waals surface area contributed by atoms with Gasteiger partial charge in [0.1, 0.15) is 0 Å². The standard InChI is InChI=1S/C62H68N2/c1-60(2,3)42-57(62(7,8)9)47-26-24-44(25-27-47)43-20-22-45(23-21-43)48-30-38-58-55(40-48)56-41-49(31-39-59(56)64(58)54-36-32-50(33-37-54)61(4,5)6)46-28-34-53(35-29-46)63(51-16-12-10-13-17-51)52-18-14-11-15-19-52/h10,12-14,16-39,49,55,57H,11,15,40-42H2,1-9H3. The van der Waals surface area contributed by atoms with Crippen molar-refractivity contribution >= 4 is 22.6 Å².